The van der Waals surface area contributed by atoms with Crippen LogP contribution in [0.5, 0.6) is 11.5 Å². The first-order valence-corrected chi connectivity index (χ1v) is 6.99. The second-order valence-corrected chi connectivity index (χ2v) is 5.72. The molecule has 3 N–H and O–H groups in total. The third-order valence-corrected chi connectivity index (χ3v) is 4.64. The number of fused-ring (bicyclic) bond motifs is 2. The van der Waals surface area contributed by atoms with Crippen LogP contribution in [0.3, 0.4) is 0 Å². The van der Waals surface area contributed by atoms with Gasteiger partial charge >= 0.3 is 0 Å². The van der Waals surface area contributed by atoms with E-state index in [9.17, 15) is 10.2 Å². The highest BCUT2D eigenvalue weighted by Crippen LogP contribution is 2.43. The molecular formula is C15H16BrNO2S. The normalized spacial score (nSPS) is 16.6. The smallest absolute Gasteiger partial charge is 0.158 e. The van der Waals surface area contributed by atoms with Crippen molar-refractivity contribution >= 4 is 28.7 Å². The minimum absolute atomic E-state index is 0. The molecule has 3 rings (SSSR count). The van der Waals surface area contributed by atoms with Crippen LogP contribution in [0.2, 0.25) is 0 Å². The lowest BCUT2D eigenvalue weighted by Crippen LogP contribution is -2.18. The highest BCUT2D eigenvalue weighted by atomic mass is 79.9. The summed E-state index contributed by atoms with van der Waals surface area (Å²) in [5.41, 5.74) is 2.31. The molecule has 3 nitrogen and oxygen atoms in total. The molecule has 0 saturated heterocycles. The molecule has 1 unspecified atom stereocenters. The van der Waals surface area contributed by atoms with E-state index >= 15 is 0 Å². The van der Waals surface area contributed by atoms with Crippen molar-refractivity contribution in [2.24, 2.45) is 0 Å². The molecule has 0 radical (unpaired) electrons. The maximum absolute atomic E-state index is 9.66. The fraction of sp³-hybridized carbons (Fsp3) is 0.200. The molecule has 0 saturated carbocycles. The fourth-order valence-corrected chi connectivity index (χ4v) is 3.58. The summed E-state index contributed by atoms with van der Waals surface area (Å²) < 4.78 is 0. The van der Waals surface area contributed by atoms with Gasteiger partial charge in [0, 0.05) is 15.8 Å². The van der Waals surface area contributed by atoms with E-state index in [2.05, 4.69) is 17.4 Å². The number of aromatic hydroxyl groups is 2. The molecule has 0 bridgehead atoms. The summed E-state index contributed by atoms with van der Waals surface area (Å²) >= 11 is 1.63. The topological polar surface area (TPSA) is 52.5 Å². The number of likely N-dealkylation sites (N-methyl/N-ethyl adjacent to an activating group) is 1. The summed E-state index contributed by atoms with van der Waals surface area (Å²) in [4.78, 5) is 2.19. The standard InChI is InChI=1S/C15H15NO2S.BrH/c1-16-11-6-9-7-12(17)13(18)8-15(9)19-14-5-3-2-4-10(11)14;/h2-5,7-8,11,16-18H,6H2,1H3;1H. The third-order valence-electron chi connectivity index (χ3n) is 3.44. The minimum atomic E-state index is -0.0633. The number of rotatable bonds is 1. The van der Waals surface area contributed by atoms with Gasteiger partial charge in [-0.15, -0.1) is 17.0 Å². The van der Waals surface area contributed by atoms with Gasteiger partial charge in [0.2, 0.25) is 0 Å². The van der Waals surface area contributed by atoms with E-state index in [4.69, 9.17) is 0 Å². The van der Waals surface area contributed by atoms with Crippen molar-refractivity contribution in [2.45, 2.75) is 22.3 Å². The van der Waals surface area contributed by atoms with E-state index in [1.165, 1.54) is 10.5 Å². The highest BCUT2D eigenvalue weighted by molar-refractivity contribution is 8.93. The lowest BCUT2D eigenvalue weighted by molar-refractivity contribution is 0.401. The van der Waals surface area contributed by atoms with Crippen LogP contribution in [0, 0.1) is 0 Å². The SMILES string of the molecule is Br.CNC1Cc2cc(O)c(O)cc2Sc2ccccc21. The number of phenols is 2. The predicted octanol–water partition coefficient (Wildman–Crippen LogP) is 3.64. The average Bonchev–Trinajstić information content (AvgIpc) is 2.56. The predicted molar refractivity (Wildman–Crippen MR) is 86.2 cm³/mol. The van der Waals surface area contributed by atoms with Crippen LogP contribution < -0.4 is 5.32 Å². The van der Waals surface area contributed by atoms with Crippen molar-refractivity contribution in [3.63, 3.8) is 0 Å². The summed E-state index contributed by atoms with van der Waals surface area (Å²) in [6.45, 7) is 0. The van der Waals surface area contributed by atoms with Crippen molar-refractivity contribution in [2.75, 3.05) is 7.05 Å². The Hall–Kier alpha value is -1.17. The van der Waals surface area contributed by atoms with Gasteiger partial charge in [-0.2, -0.15) is 0 Å². The van der Waals surface area contributed by atoms with Gasteiger partial charge in [-0.1, -0.05) is 30.0 Å². The lowest BCUT2D eigenvalue weighted by atomic mass is 9.99. The fourth-order valence-electron chi connectivity index (χ4n) is 2.42. The largest absolute Gasteiger partial charge is 0.504 e. The summed E-state index contributed by atoms with van der Waals surface area (Å²) in [6.07, 6.45) is 0.795. The van der Waals surface area contributed by atoms with Crippen LogP contribution in [0.25, 0.3) is 0 Å². The van der Waals surface area contributed by atoms with Crippen LogP contribution in [0.15, 0.2) is 46.2 Å². The molecule has 1 aliphatic rings. The van der Waals surface area contributed by atoms with E-state index in [0.29, 0.717) is 0 Å². The van der Waals surface area contributed by atoms with Gasteiger partial charge < -0.3 is 15.5 Å². The van der Waals surface area contributed by atoms with E-state index in [-0.39, 0.29) is 34.5 Å². The maximum atomic E-state index is 9.66. The van der Waals surface area contributed by atoms with Crippen LogP contribution in [-0.2, 0) is 6.42 Å². The second-order valence-electron chi connectivity index (χ2n) is 4.63. The molecule has 2 aromatic carbocycles. The quantitative estimate of drug-likeness (QED) is 0.685. The maximum Gasteiger partial charge on any atom is 0.158 e. The van der Waals surface area contributed by atoms with Crippen LogP contribution in [0.4, 0.5) is 0 Å². The van der Waals surface area contributed by atoms with Gasteiger partial charge in [-0.3, -0.25) is 0 Å². The summed E-state index contributed by atoms with van der Waals surface area (Å²) in [5.74, 6) is -0.119. The number of hydrogen-bond acceptors (Lipinski definition) is 4. The molecule has 0 amide bonds. The van der Waals surface area contributed by atoms with E-state index in [1.807, 2.05) is 19.2 Å². The molecule has 0 aliphatic carbocycles. The Bertz CT molecular complexity index is 633. The van der Waals surface area contributed by atoms with Crippen LogP contribution in [0.1, 0.15) is 17.2 Å². The third kappa shape index (κ3) is 2.66. The number of nitrogens with one attached hydrogen (secondary N) is 1. The van der Waals surface area contributed by atoms with E-state index in [1.54, 1.807) is 23.9 Å². The van der Waals surface area contributed by atoms with Gasteiger partial charge in [0.25, 0.3) is 0 Å². The van der Waals surface area contributed by atoms with E-state index in [0.717, 1.165) is 16.9 Å². The molecule has 1 heterocycles. The van der Waals surface area contributed by atoms with Crippen LogP contribution >= 0.6 is 28.7 Å². The Morgan fingerprint density at radius 3 is 2.55 bits per heavy atom. The van der Waals surface area contributed by atoms with Crippen molar-refractivity contribution in [1.29, 1.82) is 0 Å². The van der Waals surface area contributed by atoms with Crippen molar-refractivity contribution in [1.82, 2.24) is 5.32 Å². The lowest BCUT2D eigenvalue weighted by Gasteiger charge is -2.16. The first-order chi connectivity index (χ1) is 9.19. The van der Waals surface area contributed by atoms with Crippen molar-refractivity contribution < 1.29 is 10.2 Å². The van der Waals surface area contributed by atoms with Crippen molar-refractivity contribution in [3.05, 3.63) is 47.5 Å². The molecule has 20 heavy (non-hydrogen) atoms. The molecule has 0 aromatic heterocycles. The Morgan fingerprint density at radius 1 is 1.10 bits per heavy atom. The van der Waals surface area contributed by atoms with Crippen molar-refractivity contribution in [3.8, 4) is 11.5 Å². The number of hydrogen-bond donors (Lipinski definition) is 3. The molecule has 1 atom stereocenters. The first kappa shape index (κ1) is 15.2. The molecule has 1 aliphatic heterocycles. The molecule has 5 heteroatoms. The van der Waals surface area contributed by atoms with Gasteiger partial charge in [0.15, 0.2) is 11.5 Å². The number of benzene rings is 2. The number of halogens is 1. The van der Waals surface area contributed by atoms with Gasteiger partial charge in [0.1, 0.15) is 0 Å². The second kappa shape index (κ2) is 6.08. The number of phenolic OH excluding ortho intramolecular Hbond substituents is 2. The molecular weight excluding hydrogens is 338 g/mol. The Morgan fingerprint density at radius 2 is 1.80 bits per heavy atom. The molecule has 0 fully saturated rings. The van der Waals surface area contributed by atoms with Gasteiger partial charge in [-0.05, 0) is 42.8 Å². The molecule has 106 valence electrons. The highest BCUT2D eigenvalue weighted by Gasteiger charge is 2.22. The van der Waals surface area contributed by atoms with Gasteiger partial charge in [0.05, 0.1) is 0 Å². The zero-order valence-electron chi connectivity index (χ0n) is 11.0. The molecule has 2 aromatic rings. The van der Waals surface area contributed by atoms with E-state index < -0.39 is 0 Å². The Kier molecular flexibility index (Phi) is 4.62. The summed E-state index contributed by atoms with van der Waals surface area (Å²) in [6, 6.07) is 11.8. The summed E-state index contributed by atoms with van der Waals surface area (Å²) in [7, 11) is 1.94. The Balaban J connectivity index is 0.00000147. The zero-order chi connectivity index (χ0) is 13.4. The average molecular weight is 354 g/mol. The summed E-state index contributed by atoms with van der Waals surface area (Å²) in [5, 5.41) is 22.6. The monoisotopic (exact) mass is 353 g/mol. The first-order valence-electron chi connectivity index (χ1n) is 6.18. The van der Waals surface area contributed by atoms with Gasteiger partial charge in [-0.25, -0.2) is 0 Å². The minimum Gasteiger partial charge on any atom is -0.504 e. The molecule has 0 spiro atoms. The van der Waals surface area contributed by atoms with Crippen LogP contribution in [-0.4, -0.2) is 17.3 Å². The Labute approximate surface area is 132 Å². The zero-order valence-corrected chi connectivity index (χ0v) is 13.5.